The predicted molar refractivity (Wildman–Crippen MR) is 95.9 cm³/mol. The van der Waals surface area contributed by atoms with Crippen LogP contribution in [0.25, 0.3) is 0 Å². The topological polar surface area (TPSA) is 42.0 Å². The van der Waals surface area contributed by atoms with Gasteiger partial charge in [0.2, 0.25) is 0 Å². The fourth-order valence-corrected chi connectivity index (χ4v) is 4.56. The van der Waals surface area contributed by atoms with Crippen LogP contribution in [-0.4, -0.2) is 68.3 Å². The lowest BCUT2D eigenvalue weighted by molar-refractivity contribution is 0.0435. The second kappa shape index (κ2) is 7.34. The predicted octanol–water partition coefficient (Wildman–Crippen LogP) is 2.27. The Labute approximate surface area is 149 Å². The number of nitrogens with zero attached hydrogens (tertiary/aromatic N) is 2. The Kier molecular flexibility index (Phi) is 4.95. The SMILES string of the molecule is COc1cccc(C(=O)N2CC[C@H]3CO[C@H](CN4CCCC4)[C@H]3C2)c1. The van der Waals surface area contributed by atoms with Crippen molar-refractivity contribution in [3.8, 4) is 5.75 Å². The number of benzene rings is 1. The molecule has 0 N–H and O–H groups in total. The fraction of sp³-hybridized carbons (Fsp3) is 0.650. The number of hydrogen-bond acceptors (Lipinski definition) is 4. The molecule has 5 heteroatoms. The summed E-state index contributed by atoms with van der Waals surface area (Å²) in [5, 5.41) is 0. The van der Waals surface area contributed by atoms with Crippen molar-refractivity contribution in [2.45, 2.75) is 25.4 Å². The first-order chi connectivity index (χ1) is 12.2. The summed E-state index contributed by atoms with van der Waals surface area (Å²) in [6.07, 6.45) is 3.95. The molecule has 0 unspecified atom stereocenters. The maximum atomic E-state index is 12.9. The van der Waals surface area contributed by atoms with Crippen LogP contribution in [0.15, 0.2) is 24.3 Å². The summed E-state index contributed by atoms with van der Waals surface area (Å²) in [6, 6.07) is 7.47. The molecule has 0 aromatic heterocycles. The monoisotopic (exact) mass is 344 g/mol. The van der Waals surface area contributed by atoms with Gasteiger partial charge >= 0.3 is 0 Å². The van der Waals surface area contributed by atoms with E-state index in [4.69, 9.17) is 9.47 Å². The lowest BCUT2D eigenvalue weighted by Gasteiger charge is -2.37. The van der Waals surface area contributed by atoms with Gasteiger partial charge in [-0.3, -0.25) is 4.79 Å². The lowest BCUT2D eigenvalue weighted by Crippen LogP contribution is -2.47. The van der Waals surface area contributed by atoms with E-state index in [0.29, 0.717) is 17.4 Å². The van der Waals surface area contributed by atoms with Crippen LogP contribution in [0, 0.1) is 11.8 Å². The number of carbonyl (C=O) groups excluding carboxylic acids is 1. The van der Waals surface area contributed by atoms with E-state index in [1.54, 1.807) is 7.11 Å². The first kappa shape index (κ1) is 16.9. The average Bonchev–Trinajstić information content (AvgIpc) is 3.31. The van der Waals surface area contributed by atoms with Gasteiger partial charge in [0.15, 0.2) is 0 Å². The Morgan fingerprint density at radius 2 is 2.12 bits per heavy atom. The minimum absolute atomic E-state index is 0.115. The van der Waals surface area contributed by atoms with Crippen LogP contribution >= 0.6 is 0 Å². The number of methoxy groups -OCH3 is 1. The van der Waals surface area contributed by atoms with E-state index in [9.17, 15) is 4.79 Å². The zero-order chi connectivity index (χ0) is 17.2. The minimum atomic E-state index is 0.115. The summed E-state index contributed by atoms with van der Waals surface area (Å²) in [6.45, 7) is 5.94. The van der Waals surface area contributed by atoms with E-state index >= 15 is 0 Å². The summed E-state index contributed by atoms with van der Waals surface area (Å²) < 4.78 is 11.4. The van der Waals surface area contributed by atoms with E-state index in [-0.39, 0.29) is 12.0 Å². The molecule has 1 amide bonds. The molecular weight excluding hydrogens is 316 g/mol. The number of likely N-dealkylation sites (tertiary alicyclic amines) is 2. The second-order valence-electron chi connectivity index (χ2n) is 7.58. The van der Waals surface area contributed by atoms with Crippen LogP contribution in [0.4, 0.5) is 0 Å². The number of fused-ring (bicyclic) bond motifs is 1. The van der Waals surface area contributed by atoms with Gasteiger partial charge in [-0.1, -0.05) is 6.07 Å². The molecule has 3 fully saturated rings. The third-order valence-corrected chi connectivity index (χ3v) is 6.05. The normalized spacial score (nSPS) is 29.6. The minimum Gasteiger partial charge on any atom is -0.497 e. The number of amides is 1. The number of rotatable bonds is 4. The van der Waals surface area contributed by atoms with Crippen molar-refractivity contribution >= 4 is 5.91 Å². The lowest BCUT2D eigenvalue weighted by atomic mass is 9.84. The van der Waals surface area contributed by atoms with E-state index in [2.05, 4.69) is 4.90 Å². The van der Waals surface area contributed by atoms with E-state index < -0.39 is 0 Å². The van der Waals surface area contributed by atoms with Gasteiger partial charge in [0, 0.05) is 31.1 Å². The van der Waals surface area contributed by atoms with Gasteiger partial charge in [-0.25, -0.2) is 0 Å². The molecule has 0 aliphatic carbocycles. The molecule has 1 aromatic carbocycles. The molecule has 3 aliphatic rings. The Morgan fingerprint density at radius 3 is 2.92 bits per heavy atom. The molecule has 0 bridgehead atoms. The van der Waals surface area contributed by atoms with Crippen molar-refractivity contribution in [3.05, 3.63) is 29.8 Å². The molecule has 5 nitrogen and oxygen atoms in total. The van der Waals surface area contributed by atoms with Gasteiger partial charge in [-0.05, 0) is 56.5 Å². The summed E-state index contributed by atoms with van der Waals surface area (Å²) >= 11 is 0. The summed E-state index contributed by atoms with van der Waals surface area (Å²) in [5.41, 5.74) is 0.716. The van der Waals surface area contributed by atoms with Crippen molar-refractivity contribution < 1.29 is 14.3 Å². The number of ether oxygens (including phenoxy) is 2. The standard InChI is InChI=1S/C20H28N2O3/c1-24-17-6-4-5-15(11-17)20(23)22-10-7-16-14-25-19(18(16)12-22)13-21-8-2-3-9-21/h4-6,11,16,18-19H,2-3,7-10,12-14H2,1H3/t16-,18-,19+/m0/s1. The van der Waals surface area contributed by atoms with Gasteiger partial charge < -0.3 is 19.3 Å². The van der Waals surface area contributed by atoms with E-state index in [1.807, 2.05) is 29.2 Å². The summed E-state index contributed by atoms with van der Waals surface area (Å²) in [5.74, 6) is 1.94. The summed E-state index contributed by atoms with van der Waals surface area (Å²) in [7, 11) is 1.63. The second-order valence-corrected chi connectivity index (χ2v) is 7.58. The van der Waals surface area contributed by atoms with Gasteiger partial charge in [0.1, 0.15) is 5.75 Å². The molecule has 0 saturated carbocycles. The molecule has 0 radical (unpaired) electrons. The molecule has 1 aromatic rings. The van der Waals surface area contributed by atoms with Gasteiger partial charge in [-0.2, -0.15) is 0 Å². The molecule has 3 saturated heterocycles. The van der Waals surface area contributed by atoms with Crippen LogP contribution in [-0.2, 0) is 4.74 Å². The van der Waals surface area contributed by atoms with Crippen LogP contribution in [0.2, 0.25) is 0 Å². The van der Waals surface area contributed by atoms with Crippen LogP contribution in [0.3, 0.4) is 0 Å². The zero-order valence-corrected chi connectivity index (χ0v) is 15.0. The Hall–Kier alpha value is -1.59. The van der Waals surface area contributed by atoms with Crippen molar-refractivity contribution in [1.29, 1.82) is 0 Å². The maximum absolute atomic E-state index is 12.9. The first-order valence-electron chi connectivity index (χ1n) is 9.52. The van der Waals surface area contributed by atoms with Gasteiger partial charge in [0.25, 0.3) is 5.91 Å². The van der Waals surface area contributed by atoms with Crippen LogP contribution in [0.1, 0.15) is 29.6 Å². The first-order valence-corrected chi connectivity index (χ1v) is 9.52. The highest BCUT2D eigenvalue weighted by Crippen LogP contribution is 2.35. The zero-order valence-electron chi connectivity index (χ0n) is 15.0. The molecule has 4 rings (SSSR count). The number of piperidine rings is 1. The van der Waals surface area contributed by atoms with Gasteiger partial charge in [0.05, 0.1) is 19.8 Å². The van der Waals surface area contributed by atoms with Crippen molar-refractivity contribution in [3.63, 3.8) is 0 Å². The number of carbonyl (C=O) groups is 1. The van der Waals surface area contributed by atoms with Crippen molar-refractivity contribution in [2.24, 2.45) is 11.8 Å². The maximum Gasteiger partial charge on any atom is 0.253 e. The Balaban J connectivity index is 1.42. The molecular formula is C20H28N2O3. The largest absolute Gasteiger partial charge is 0.497 e. The molecule has 25 heavy (non-hydrogen) atoms. The van der Waals surface area contributed by atoms with Crippen LogP contribution < -0.4 is 4.74 Å². The van der Waals surface area contributed by atoms with Crippen LogP contribution in [0.5, 0.6) is 5.75 Å². The van der Waals surface area contributed by atoms with Crippen molar-refractivity contribution in [2.75, 3.05) is 46.4 Å². The summed E-state index contributed by atoms with van der Waals surface area (Å²) in [4.78, 5) is 17.5. The van der Waals surface area contributed by atoms with Gasteiger partial charge in [-0.15, -0.1) is 0 Å². The fourth-order valence-electron chi connectivity index (χ4n) is 4.56. The third kappa shape index (κ3) is 3.53. The molecule has 0 spiro atoms. The third-order valence-electron chi connectivity index (χ3n) is 6.05. The van der Waals surface area contributed by atoms with E-state index in [0.717, 1.165) is 38.4 Å². The average molecular weight is 344 g/mol. The molecule has 3 aliphatic heterocycles. The highest BCUT2D eigenvalue weighted by molar-refractivity contribution is 5.94. The Morgan fingerprint density at radius 1 is 1.28 bits per heavy atom. The smallest absolute Gasteiger partial charge is 0.253 e. The Bertz CT molecular complexity index is 615. The molecule has 136 valence electrons. The molecule has 3 heterocycles. The number of hydrogen-bond donors (Lipinski definition) is 0. The molecule has 3 atom stereocenters. The van der Waals surface area contributed by atoms with E-state index in [1.165, 1.54) is 25.9 Å². The highest BCUT2D eigenvalue weighted by atomic mass is 16.5. The quantitative estimate of drug-likeness (QED) is 0.840. The highest BCUT2D eigenvalue weighted by Gasteiger charge is 2.42. The van der Waals surface area contributed by atoms with Crippen molar-refractivity contribution in [1.82, 2.24) is 9.80 Å².